The molecule has 134 valence electrons. The Kier molecular flexibility index (Phi) is 4.41. The summed E-state index contributed by atoms with van der Waals surface area (Å²) in [7, 11) is 5.12. The second kappa shape index (κ2) is 6.38. The summed E-state index contributed by atoms with van der Waals surface area (Å²) in [6, 6.07) is 3.31. The molecule has 2 aromatic heterocycles. The van der Waals surface area contributed by atoms with Crippen molar-refractivity contribution in [2.24, 2.45) is 14.1 Å². The number of aryl methyl sites for hydroxylation is 3. The largest absolute Gasteiger partial charge is 0.481 e. The van der Waals surface area contributed by atoms with Gasteiger partial charge in [0.2, 0.25) is 5.88 Å². The minimum atomic E-state index is -0.259. The van der Waals surface area contributed by atoms with Gasteiger partial charge in [-0.1, -0.05) is 0 Å². The lowest BCUT2D eigenvalue weighted by molar-refractivity contribution is 0.0731. The van der Waals surface area contributed by atoms with Gasteiger partial charge in [0.05, 0.1) is 24.4 Å². The van der Waals surface area contributed by atoms with Crippen molar-refractivity contribution in [1.29, 1.82) is 0 Å². The van der Waals surface area contributed by atoms with Crippen LogP contribution >= 0.6 is 0 Å². The Hall–Kier alpha value is -2.57. The predicted molar refractivity (Wildman–Crippen MR) is 93.9 cm³/mol. The van der Waals surface area contributed by atoms with Crippen molar-refractivity contribution in [2.75, 3.05) is 13.7 Å². The topological polar surface area (TPSA) is 69.4 Å². The van der Waals surface area contributed by atoms with Gasteiger partial charge >= 0.3 is 0 Å². The number of likely N-dealkylation sites (tertiary alicyclic amines) is 1. The summed E-state index contributed by atoms with van der Waals surface area (Å²) in [6.07, 6.45) is 1.72. The number of carbonyl (C=O) groups excluding carboxylic acids is 1. The van der Waals surface area contributed by atoms with Gasteiger partial charge in [0, 0.05) is 26.3 Å². The number of aromatic nitrogens is 3. The molecule has 25 heavy (non-hydrogen) atoms. The zero-order valence-corrected chi connectivity index (χ0v) is 15.4. The molecule has 1 aliphatic rings. The highest BCUT2D eigenvalue weighted by atomic mass is 16.5. The molecule has 3 rings (SSSR count). The molecule has 0 spiro atoms. The molecule has 0 N–H and O–H groups in total. The van der Waals surface area contributed by atoms with Crippen molar-refractivity contribution in [3.8, 4) is 5.88 Å². The number of amides is 1. The summed E-state index contributed by atoms with van der Waals surface area (Å²) in [4.78, 5) is 27.4. The number of carbonyl (C=O) groups is 1. The van der Waals surface area contributed by atoms with Crippen molar-refractivity contribution in [3.63, 3.8) is 0 Å². The summed E-state index contributed by atoms with van der Waals surface area (Å²) < 4.78 is 8.70. The average Bonchev–Trinajstić information content (AvgIpc) is 3.15. The SMILES string of the molecule is COc1c([C@@H]2CCCN2C(=O)c2ccc(C)n(C)c2=O)c(C)nn1C. The van der Waals surface area contributed by atoms with Crippen LogP contribution in [0, 0.1) is 13.8 Å². The fourth-order valence-corrected chi connectivity index (χ4v) is 3.63. The fourth-order valence-electron chi connectivity index (χ4n) is 3.63. The molecule has 0 aromatic carbocycles. The molecule has 1 fully saturated rings. The molecule has 0 radical (unpaired) electrons. The van der Waals surface area contributed by atoms with Gasteiger partial charge in [-0.05, 0) is 38.8 Å². The lowest BCUT2D eigenvalue weighted by atomic mass is 10.0. The Labute approximate surface area is 146 Å². The lowest BCUT2D eigenvalue weighted by Gasteiger charge is -2.25. The molecule has 3 heterocycles. The Balaban J connectivity index is 2.02. The van der Waals surface area contributed by atoms with Crippen LogP contribution in [0.25, 0.3) is 0 Å². The van der Waals surface area contributed by atoms with Crippen LogP contribution in [0.15, 0.2) is 16.9 Å². The highest BCUT2D eigenvalue weighted by Gasteiger charge is 2.36. The van der Waals surface area contributed by atoms with Crippen LogP contribution in [-0.4, -0.2) is 38.8 Å². The van der Waals surface area contributed by atoms with Gasteiger partial charge in [0.1, 0.15) is 5.56 Å². The molecule has 1 saturated heterocycles. The number of ether oxygens (including phenoxy) is 1. The van der Waals surface area contributed by atoms with Crippen molar-refractivity contribution >= 4 is 5.91 Å². The number of hydrogen-bond acceptors (Lipinski definition) is 4. The Morgan fingerprint density at radius 3 is 2.68 bits per heavy atom. The van der Waals surface area contributed by atoms with Crippen LogP contribution in [0.5, 0.6) is 5.88 Å². The summed E-state index contributed by atoms with van der Waals surface area (Å²) in [5.41, 5.74) is 2.55. The quantitative estimate of drug-likeness (QED) is 0.850. The summed E-state index contributed by atoms with van der Waals surface area (Å²) in [6.45, 7) is 4.39. The smallest absolute Gasteiger partial charge is 0.263 e. The first-order valence-corrected chi connectivity index (χ1v) is 8.42. The molecule has 0 saturated carbocycles. The molecule has 0 bridgehead atoms. The van der Waals surface area contributed by atoms with Gasteiger partial charge in [-0.3, -0.25) is 9.59 Å². The zero-order valence-electron chi connectivity index (χ0n) is 15.4. The summed E-state index contributed by atoms with van der Waals surface area (Å²) in [5, 5.41) is 4.42. The van der Waals surface area contributed by atoms with Crippen LogP contribution in [0.3, 0.4) is 0 Å². The fraction of sp³-hybridized carbons (Fsp3) is 0.500. The minimum Gasteiger partial charge on any atom is -0.481 e. The van der Waals surface area contributed by atoms with E-state index in [1.165, 1.54) is 4.57 Å². The van der Waals surface area contributed by atoms with E-state index in [2.05, 4.69) is 5.10 Å². The molecule has 0 aliphatic carbocycles. The van der Waals surface area contributed by atoms with E-state index in [9.17, 15) is 9.59 Å². The third kappa shape index (κ3) is 2.73. The first-order chi connectivity index (χ1) is 11.9. The monoisotopic (exact) mass is 344 g/mol. The van der Waals surface area contributed by atoms with E-state index in [1.807, 2.05) is 20.9 Å². The third-order valence-electron chi connectivity index (χ3n) is 5.04. The van der Waals surface area contributed by atoms with Crippen molar-refractivity contribution < 1.29 is 9.53 Å². The van der Waals surface area contributed by atoms with Gasteiger partial charge in [-0.2, -0.15) is 5.10 Å². The van der Waals surface area contributed by atoms with E-state index >= 15 is 0 Å². The van der Waals surface area contributed by atoms with Crippen molar-refractivity contribution in [1.82, 2.24) is 19.2 Å². The van der Waals surface area contributed by atoms with Crippen LogP contribution in [0.1, 0.15) is 46.2 Å². The maximum Gasteiger partial charge on any atom is 0.263 e. The third-order valence-corrected chi connectivity index (χ3v) is 5.04. The first kappa shape index (κ1) is 17.3. The van der Waals surface area contributed by atoms with Crippen molar-refractivity contribution in [2.45, 2.75) is 32.7 Å². The molecule has 1 atom stereocenters. The lowest BCUT2D eigenvalue weighted by Crippen LogP contribution is -2.36. The second-order valence-corrected chi connectivity index (χ2v) is 6.54. The number of hydrogen-bond donors (Lipinski definition) is 0. The zero-order chi connectivity index (χ0) is 18.3. The van der Waals surface area contributed by atoms with Gasteiger partial charge < -0.3 is 14.2 Å². The maximum absolute atomic E-state index is 13.1. The van der Waals surface area contributed by atoms with Crippen LogP contribution < -0.4 is 10.3 Å². The highest BCUT2D eigenvalue weighted by Crippen LogP contribution is 2.39. The van der Waals surface area contributed by atoms with Crippen molar-refractivity contribution in [3.05, 3.63) is 45.0 Å². The van der Waals surface area contributed by atoms with Crippen LogP contribution in [0.4, 0.5) is 0 Å². The predicted octanol–water partition coefficient (Wildman–Crippen LogP) is 1.72. The van der Waals surface area contributed by atoms with Crippen LogP contribution in [0.2, 0.25) is 0 Å². The van der Waals surface area contributed by atoms with Gasteiger partial charge in [0.25, 0.3) is 11.5 Å². The molecule has 2 aromatic rings. The first-order valence-electron chi connectivity index (χ1n) is 8.42. The van der Waals surface area contributed by atoms with Crippen LogP contribution in [-0.2, 0) is 14.1 Å². The van der Waals surface area contributed by atoms with E-state index in [0.29, 0.717) is 12.4 Å². The number of methoxy groups -OCH3 is 1. The van der Waals surface area contributed by atoms with E-state index in [-0.39, 0.29) is 23.1 Å². The Bertz CT molecular complexity index is 881. The van der Waals surface area contributed by atoms with Gasteiger partial charge in [0.15, 0.2) is 0 Å². The summed E-state index contributed by atoms with van der Waals surface area (Å²) >= 11 is 0. The molecular formula is C18H24N4O3. The molecule has 7 nitrogen and oxygen atoms in total. The number of rotatable bonds is 3. The molecule has 0 unspecified atom stereocenters. The molecule has 1 amide bonds. The number of pyridine rings is 1. The second-order valence-electron chi connectivity index (χ2n) is 6.54. The van der Waals surface area contributed by atoms with Gasteiger partial charge in [-0.25, -0.2) is 4.68 Å². The Morgan fingerprint density at radius 2 is 2.00 bits per heavy atom. The molecule has 1 aliphatic heterocycles. The molecule has 7 heteroatoms. The Morgan fingerprint density at radius 1 is 1.28 bits per heavy atom. The average molecular weight is 344 g/mol. The van der Waals surface area contributed by atoms with E-state index in [0.717, 1.165) is 29.8 Å². The highest BCUT2D eigenvalue weighted by molar-refractivity contribution is 5.94. The van der Waals surface area contributed by atoms with E-state index < -0.39 is 0 Å². The van der Waals surface area contributed by atoms with E-state index in [1.54, 1.807) is 35.9 Å². The van der Waals surface area contributed by atoms with Gasteiger partial charge in [-0.15, -0.1) is 0 Å². The summed E-state index contributed by atoms with van der Waals surface area (Å²) in [5.74, 6) is 0.437. The van der Waals surface area contributed by atoms with E-state index in [4.69, 9.17) is 4.74 Å². The standard InChI is InChI=1S/C18H24N4O3/c1-11-8-9-13(16(23)20(11)3)17(24)22-10-6-7-14(22)15-12(2)19-21(4)18(15)25-5/h8-9,14H,6-7,10H2,1-5H3/t14-/m0/s1. The normalized spacial score (nSPS) is 17.2. The molecular weight excluding hydrogens is 320 g/mol. The number of nitrogens with zero attached hydrogens (tertiary/aromatic N) is 4. The minimum absolute atomic E-state index is 0.123. The maximum atomic E-state index is 13.1.